The van der Waals surface area contributed by atoms with Gasteiger partial charge in [0.15, 0.2) is 11.2 Å². The first-order valence-corrected chi connectivity index (χ1v) is 21.2. The molecule has 1 spiro atoms. The average Bonchev–Trinajstić information content (AvgIpc) is 3.74. The molecular formula is C41H47N3O7S2. The number of pyridine rings is 1. The lowest BCUT2D eigenvalue weighted by Gasteiger charge is -2.52. The Kier molecular flexibility index (Phi) is 9.46. The Morgan fingerprint density at radius 2 is 1.98 bits per heavy atom. The van der Waals surface area contributed by atoms with Crippen molar-refractivity contribution in [3.05, 3.63) is 86.4 Å². The molecule has 4 unspecified atom stereocenters. The number of nitrogens with two attached hydrogens (primary N) is 1. The van der Waals surface area contributed by atoms with Crippen molar-refractivity contribution in [1.29, 1.82) is 0 Å². The van der Waals surface area contributed by atoms with Gasteiger partial charge in [0.05, 0.1) is 12.3 Å². The van der Waals surface area contributed by atoms with Crippen molar-refractivity contribution < 1.29 is 28.6 Å². The van der Waals surface area contributed by atoms with Crippen molar-refractivity contribution >= 4 is 50.3 Å². The molecule has 4 atom stereocenters. The zero-order valence-corrected chi connectivity index (χ0v) is 32.2. The number of benzene rings is 1. The van der Waals surface area contributed by atoms with Crippen LogP contribution in [0.5, 0.6) is 5.75 Å². The quantitative estimate of drug-likeness (QED) is 0.0960. The molecule has 8 rings (SSSR count). The van der Waals surface area contributed by atoms with Crippen LogP contribution in [0.25, 0.3) is 11.0 Å². The molecular weight excluding hydrogens is 711 g/mol. The number of carbonyl (C=O) groups excluding carboxylic acids is 2. The molecule has 0 bridgehead atoms. The smallest absolute Gasteiger partial charge is 0.340 e. The minimum absolute atomic E-state index is 0.00176. The standard InChI is InChI=1S/C41H47N3O7S2/c1-4-24(2)37(47)51-39(3)11-7-25-22-52-53-23-29-8-13-44(29)35(46)17-28-21-43-34(42)18-30(28)36(25)41(39)20-27-15-26-16-31(40(12-14-45)9-5-6-10-40)38(48)49-32(26)19-33(27)50-41/h4,7,15-16,18-19,21,29,36,45H,5-6,8-14,17,20,22-23H2,1-3H3,(H2,42,43). The summed E-state index contributed by atoms with van der Waals surface area (Å²) >= 11 is 0. The number of nitrogens with zero attached hydrogens (tertiary/aromatic N) is 2. The summed E-state index contributed by atoms with van der Waals surface area (Å²) in [6.45, 7) is 6.25. The van der Waals surface area contributed by atoms with Crippen LogP contribution in [-0.4, -0.2) is 68.8 Å². The number of aliphatic hydroxyl groups excluding tert-OH is 1. The van der Waals surface area contributed by atoms with Gasteiger partial charge in [0.25, 0.3) is 0 Å². The highest BCUT2D eigenvalue weighted by molar-refractivity contribution is 8.76. The second-order valence-corrected chi connectivity index (χ2v) is 18.2. The second kappa shape index (κ2) is 13.8. The molecule has 3 aliphatic heterocycles. The molecule has 3 aromatic rings. The molecule has 1 amide bonds. The van der Waals surface area contributed by atoms with Gasteiger partial charge in [0.2, 0.25) is 5.91 Å². The lowest BCUT2D eigenvalue weighted by Crippen LogP contribution is -2.63. The van der Waals surface area contributed by atoms with Gasteiger partial charge >= 0.3 is 11.6 Å². The van der Waals surface area contributed by atoms with Crippen molar-refractivity contribution in [2.45, 2.75) is 107 Å². The van der Waals surface area contributed by atoms with Crippen LogP contribution in [0, 0.1) is 0 Å². The average molecular weight is 758 g/mol. The number of amides is 1. The van der Waals surface area contributed by atoms with Gasteiger partial charge in [0.1, 0.15) is 17.2 Å². The Morgan fingerprint density at radius 1 is 1.17 bits per heavy atom. The first-order valence-electron chi connectivity index (χ1n) is 18.7. The summed E-state index contributed by atoms with van der Waals surface area (Å²) in [6, 6.07) is 7.87. The number of aromatic nitrogens is 1. The highest BCUT2D eigenvalue weighted by Gasteiger charge is 2.64. The van der Waals surface area contributed by atoms with Crippen LogP contribution in [0.4, 0.5) is 5.82 Å². The molecule has 53 heavy (non-hydrogen) atoms. The summed E-state index contributed by atoms with van der Waals surface area (Å²) < 4.78 is 19.9. The van der Waals surface area contributed by atoms with E-state index in [1.807, 2.05) is 36.9 Å². The van der Waals surface area contributed by atoms with Crippen LogP contribution in [0.15, 0.2) is 63.0 Å². The largest absolute Gasteiger partial charge is 0.481 e. The topological polar surface area (TPSA) is 145 Å². The van der Waals surface area contributed by atoms with E-state index in [1.165, 1.54) is 0 Å². The monoisotopic (exact) mass is 757 g/mol. The van der Waals surface area contributed by atoms with E-state index >= 15 is 0 Å². The van der Waals surface area contributed by atoms with Gasteiger partial charge in [-0.3, -0.25) is 4.79 Å². The van der Waals surface area contributed by atoms with E-state index in [-0.39, 0.29) is 30.6 Å². The van der Waals surface area contributed by atoms with Crippen LogP contribution in [-0.2, 0) is 32.6 Å². The zero-order valence-electron chi connectivity index (χ0n) is 30.6. The third-order valence-corrected chi connectivity index (χ3v) is 15.1. The number of carbonyl (C=O) groups is 2. The van der Waals surface area contributed by atoms with Gasteiger partial charge in [-0.25, -0.2) is 14.6 Å². The number of nitrogen functional groups attached to an aromatic ring is 1. The molecule has 1 aromatic carbocycles. The van der Waals surface area contributed by atoms with Crippen LogP contribution >= 0.6 is 21.6 Å². The number of esters is 1. The predicted molar refractivity (Wildman–Crippen MR) is 208 cm³/mol. The first kappa shape index (κ1) is 36.2. The van der Waals surface area contributed by atoms with Crippen molar-refractivity contribution in [3.8, 4) is 5.75 Å². The van der Waals surface area contributed by atoms with Crippen LogP contribution < -0.4 is 16.1 Å². The Balaban J connectivity index is 1.30. The lowest BCUT2D eigenvalue weighted by atomic mass is 9.61. The second-order valence-electron chi connectivity index (χ2n) is 15.6. The number of anilines is 1. The summed E-state index contributed by atoms with van der Waals surface area (Å²) in [5.41, 5.74) is 8.48. The van der Waals surface area contributed by atoms with E-state index < -0.39 is 28.5 Å². The van der Waals surface area contributed by atoms with Gasteiger partial charge in [0, 0.05) is 77.7 Å². The molecule has 2 fully saturated rings. The Bertz CT molecular complexity index is 2110. The SMILES string of the molecule is CC=C(C)C(=O)OC1(C)CC=C2CSSCC3CCN3C(=O)Cc3cnc(N)cc3C2C12Cc1cc3cc(C4(CCO)CCCC4)c(=O)oc3cc1O2. The van der Waals surface area contributed by atoms with Crippen molar-refractivity contribution in [2.24, 2.45) is 0 Å². The van der Waals surface area contributed by atoms with E-state index in [0.29, 0.717) is 53.3 Å². The summed E-state index contributed by atoms with van der Waals surface area (Å²) in [5.74, 6) is 1.61. The number of ether oxygens (including phenoxy) is 2. The van der Waals surface area contributed by atoms with E-state index in [4.69, 9.17) is 19.6 Å². The normalized spacial score (nSPS) is 28.1. The van der Waals surface area contributed by atoms with Gasteiger partial charge in [-0.15, -0.1) is 0 Å². The van der Waals surface area contributed by atoms with Crippen molar-refractivity contribution in [2.75, 3.05) is 30.4 Å². The third-order valence-electron chi connectivity index (χ3n) is 12.7. The van der Waals surface area contributed by atoms with Gasteiger partial charge in [-0.2, -0.15) is 0 Å². The Labute approximate surface area is 317 Å². The molecule has 5 aliphatic rings. The van der Waals surface area contributed by atoms with Gasteiger partial charge < -0.3 is 29.6 Å². The molecule has 2 aliphatic carbocycles. The fourth-order valence-corrected chi connectivity index (χ4v) is 11.9. The van der Waals surface area contributed by atoms with Gasteiger partial charge in [-0.1, -0.05) is 52.2 Å². The summed E-state index contributed by atoms with van der Waals surface area (Å²) in [5, 5.41) is 10.8. The molecule has 2 aromatic heterocycles. The maximum Gasteiger partial charge on any atom is 0.340 e. The summed E-state index contributed by atoms with van der Waals surface area (Å²) in [6.07, 6.45) is 11.8. The number of aliphatic hydroxyl groups is 1. The Morgan fingerprint density at radius 3 is 2.72 bits per heavy atom. The molecule has 0 radical (unpaired) electrons. The Hall–Kier alpha value is -3.74. The number of fused-ring (bicyclic) bond motifs is 7. The van der Waals surface area contributed by atoms with E-state index in [2.05, 4.69) is 11.1 Å². The minimum atomic E-state index is -1.16. The fourth-order valence-electron chi connectivity index (χ4n) is 9.41. The number of rotatable bonds is 5. The molecule has 3 N–H and O–H groups in total. The minimum Gasteiger partial charge on any atom is -0.481 e. The molecule has 12 heteroatoms. The highest BCUT2D eigenvalue weighted by Crippen LogP contribution is 2.58. The first-order chi connectivity index (χ1) is 25.5. The number of allylic oxidation sites excluding steroid dienone is 1. The lowest BCUT2D eigenvalue weighted by molar-refractivity contribution is -0.183. The molecule has 280 valence electrons. The molecule has 1 saturated heterocycles. The predicted octanol–water partition coefficient (Wildman–Crippen LogP) is 6.56. The van der Waals surface area contributed by atoms with E-state index in [0.717, 1.165) is 72.1 Å². The number of hydrogen-bond donors (Lipinski definition) is 2. The van der Waals surface area contributed by atoms with Crippen molar-refractivity contribution in [1.82, 2.24) is 9.88 Å². The molecule has 10 nitrogen and oxygen atoms in total. The van der Waals surface area contributed by atoms with Crippen LogP contribution in [0.3, 0.4) is 0 Å². The summed E-state index contributed by atoms with van der Waals surface area (Å²) in [4.78, 5) is 47.5. The van der Waals surface area contributed by atoms with E-state index in [9.17, 15) is 19.5 Å². The summed E-state index contributed by atoms with van der Waals surface area (Å²) in [7, 11) is 3.55. The fraction of sp³-hybridized carbons (Fsp3) is 0.512. The van der Waals surface area contributed by atoms with Crippen LogP contribution in [0.2, 0.25) is 0 Å². The van der Waals surface area contributed by atoms with Crippen LogP contribution in [0.1, 0.15) is 93.9 Å². The third kappa shape index (κ3) is 6.09. The maximum absolute atomic E-state index is 13.8. The van der Waals surface area contributed by atoms with E-state index in [1.54, 1.807) is 46.9 Å². The zero-order chi connectivity index (χ0) is 37.1. The maximum atomic E-state index is 13.8. The number of hydrogen-bond acceptors (Lipinski definition) is 11. The van der Waals surface area contributed by atoms with Gasteiger partial charge in [-0.05, 0) is 81.3 Å². The van der Waals surface area contributed by atoms with Crippen molar-refractivity contribution in [3.63, 3.8) is 0 Å². The molecule has 1 saturated carbocycles. The molecule has 5 heterocycles. The highest BCUT2D eigenvalue weighted by atomic mass is 33.1.